The fourth-order valence-electron chi connectivity index (χ4n) is 2.30. The van der Waals surface area contributed by atoms with Gasteiger partial charge in [0.2, 0.25) is 5.91 Å². The number of rotatable bonds is 5. The van der Waals surface area contributed by atoms with Crippen LogP contribution in [0.15, 0.2) is 21.7 Å². The molecular weight excluding hydrogens is 266 g/mol. The van der Waals surface area contributed by atoms with Crippen LogP contribution in [0.5, 0.6) is 0 Å². The van der Waals surface area contributed by atoms with Crippen molar-refractivity contribution in [3.8, 4) is 0 Å². The number of H-pyrrole nitrogens is 1. The highest BCUT2D eigenvalue weighted by molar-refractivity contribution is 5.78. The highest BCUT2D eigenvalue weighted by Crippen LogP contribution is 2.34. The molecule has 1 aromatic heterocycles. The number of aromatic amines is 1. The van der Waals surface area contributed by atoms with Crippen molar-refractivity contribution in [3.63, 3.8) is 0 Å². The van der Waals surface area contributed by atoms with Crippen LogP contribution in [-0.4, -0.2) is 32.3 Å². The summed E-state index contributed by atoms with van der Waals surface area (Å²) in [5.74, 6) is -1.47. The summed E-state index contributed by atoms with van der Waals surface area (Å²) in [6.07, 6.45) is 1.92. The molecule has 0 saturated heterocycles. The van der Waals surface area contributed by atoms with E-state index in [2.05, 4.69) is 10.4 Å². The van der Waals surface area contributed by atoms with E-state index in [0.29, 0.717) is 12.8 Å². The summed E-state index contributed by atoms with van der Waals surface area (Å²) in [4.78, 5) is 45.2. The molecule has 1 saturated carbocycles. The van der Waals surface area contributed by atoms with Crippen molar-refractivity contribution < 1.29 is 14.7 Å². The van der Waals surface area contributed by atoms with Crippen LogP contribution in [-0.2, 0) is 16.1 Å². The molecule has 0 aromatic carbocycles. The maximum absolute atomic E-state index is 11.9. The van der Waals surface area contributed by atoms with Gasteiger partial charge in [0.1, 0.15) is 6.54 Å². The minimum absolute atomic E-state index is 0.140. The Morgan fingerprint density at radius 3 is 2.60 bits per heavy atom. The molecule has 1 aromatic rings. The minimum atomic E-state index is -0.977. The molecular formula is C12H15N3O5. The molecule has 1 aliphatic carbocycles. The molecule has 20 heavy (non-hydrogen) atoms. The smallest absolute Gasteiger partial charge is 0.305 e. The summed E-state index contributed by atoms with van der Waals surface area (Å²) in [5.41, 5.74) is -1.70. The predicted octanol–water partition coefficient (Wildman–Crippen LogP) is -0.950. The highest BCUT2D eigenvalue weighted by atomic mass is 16.4. The van der Waals surface area contributed by atoms with Gasteiger partial charge >= 0.3 is 5.97 Å². The number of amides is 1. The molecule has 8 nitrogen and oxygen atoms in total. The van der Waals surface area contributed by atoms with Gasteiger partial charge in [0.15, 0.2) is 0 Å². The summed E-state index contributed by atoms with van der Waals surface area (Å²) < 4.78 is 0.894. The molecule has 0 atom stereocenters. The Hall–Kier alpha value is -2.38. The van der Waals surface area contributed by atoms with E-state index < -0.39 is 28.5 Å². The van der Waals surface area contributed by atoms with E-state index in [9.17, 15) is 19.2 Å². The third kappa shape index (κ3) is 3.14. The van der Waals surface area contributed by atoms with Crippen molar-refractivity contribution in [1.82, 2.24) is 15.1 Å². The molecule has 0 unspecified atom stereocenters. The van der Waals surface area contributed by atoms with E-state index in [0.717, 1.165) is 23.2 Å². The van der Waals surface area contributed by atoms with E-state index in [1.165, 1.54) is 0 Å². The number of nitrogens with zero attached hydrogens (tertiary/aromatic N) is 1. The Kier molecular flexibility index (Phi) is 3.73. The van der Waals surface area contributed by atoms with Crippen molar-refractivity contribution in [2.45, 2.75) is 37.8 Å². The number of aliphatic carboxylic acids is 1. The van der Waals surface area contributed by atoms with Gasteiger partial charge in [-0.1, -0.05) is 0 Å². The molecule has 0 aliphatic heterocycles. The Balaban J connectivity index is 2.05. The number of hydrogen-bond donors (Lipinski definition) is 3. The van der Waals surface area contributed by atoms with E-state index >= 15 is 0 Å². The lowest BCUT2D eigenvalue weighted by Gasteiger charge is -2.41. The van der Waals surface area contributed by atoms with Crippen LogP contribution in [0.2, 0.25) is 0 Å². The van der Waals surface area contributed by atoms with E-state index in [1.54, 1.807) is 0 Å². The normalized spacial score (nSPS) is 16.2. The Morgan fingerprint density at radius 1 is 1.35 bits per heavy atom. The van der Waals surface area contributed by atoms with Crippen LogP contribution < -0.4 is 16.4 Å². The second-order valence-corrected chi connectivity index (χ2v) is 4.99. The van der Waals surface area contributed by atoms with Gasteiger partial charge in [0.05, 0.1) is 12.0 Å². The van der Waals surface area contributed by atoms with Gasteiger partial charge in [-0.05, 0) is 19.3 Å². The average Bonchev–Trinajstić information content (AvgIpc) is 2.30. The zero-order valence-electron chi connectivity index (χ0n) is 10.7. The van der Waals surface area contributed by atoms with Crippen LogP contribution in [0, 0.1) is 0 Å². The van der Waals surface area contributed by atoms with Crippen molar-refractivity contribution >= 4 is 11.9 Å². The molecule has 108 valence electrons. The van der Waals surface area contributed by atoms with Gasteiger partial charge in [-0.25, -0.2) is 4.68 Å². The van der Waals surface area contributed by atoms with E-state index in [4.69, 9.17) is 5.11 Å². The number of carbonyl (C=O) groups excluding carboxylic acids is 1. The first-order valence-electron chi connectivity index (χ1n) is 6.23. The van der Waals surface area contributed by atoms with Gasteiger partial charge in [-0.2, -0.15) is 0 Å². The zero-order chi connectivity index (χ0) is 14.8. The first-order valence-corrected chi connectivity index (χ1v) is 6.23. The monoisotopic (exact) mass is 281 g/mol. The second kappa shape index (κ2) is 5.32. The van der Waals surface area contributed by atoms with Crippen molar-refractivity contribution in [2.75, 3.05) is 0 Å². The molecule has 1 heterocycles. The predicted molar refractivity (Wildman–Crippen MR) is 68.3 cm³/mol. The molecule has 0 spiro atoms. The van der Waals surface area contributed by atoms with Gasteiger partial charge in [-0.15, -0.1) is 0 Å². The quantitative estimate of drug-likeness (QED) is 0.642. The number of aromatic nitrogens is 2. The molecule has 2 rings (SSSR count). The molecule has 0 radical (unpaired) electrons. The molecule has 3 N–H and O–H groups in total. The van der Waals surface area contributed by atoms with Gasteiger partial charge in [-0.3, -0.25) is 24.3 Å². The molecule has 1 amide bonds. The lowest BCUT2D eigenvalue weighted by molar-refractivity contribution is -0.140. The topological polar surface area (TPSA) is 121 Å². The first-order chi connectivity index (χ1) is 9.40. The largest absolute Gasteiger partial charge is 0.481 e. The zero-order valence-corrected chi connectivity index (χ0v) is 10.7. The lowest BCUT2D eigenvalue weighted by Crippen LogP contribution is -2.55. The van der Waals surface area contributed by atoms with Crippen LogP contribution in [0.1, 0.15) is 25.7 Å². The molecule has 0 bridgehead atoms. The Bertz CT molecular complexity index is 641. The second-order valence-electron chi connectivity index (χ2n) is 4.99. The third-order valence-corrected chi connectivity index (χ3v) is 3.40. The maximum Gasteiger partial charge on any atom is 0.305 e. The molecule has 1 aliphatic rings. The van der Waals surface area contributed by atoms with Crippen LogP contribution in [0.3, 0.4) is 0 Å². The average molecular weight is 281 g/mol. The summed E-state index contributed by atoms with van der Waals surface area (Å²) in [7, 11) is 0. The standard InChI is InChI=1S/C12H15N3O5/c16-8-2-3-10(18)15(14-8)7-9(17)13-12(4-1-5-12)6-11(19)20/h2-3H,1,4-7H2,(H,13,17)(H,14,16)(H,19,20). The number of nitrogens with one attached hydrogen (secondary N) is 2. The van der Waals surface area contributed by atoms with Crippen LogP contribution >= 0.6 is 0 Å². The highest BCUT2D eigenvalue weighted by Gasteiger charge is 2.40. The summed E-state index contributed by atoms with van der Waals surface area (Å²) in [6.45, 7) is -0.337. The van der Waals surface area contributed by atoms with Crippen LogP contribution in [0.25, 0.3) is 0 Å². The summed E-state index contributed by atoms with van der Waals surface area (Å²) in [6, 6.07) is 2.15. The number of carboxylic acids is 1. The Morgan fingerprint density at radius 2 is 2.05 bits per heavy atom. The molecule has 1 fully saturated rings. The number of carboxylic acid groups (broad SMARTS) is 1. The van der Waals surface area contributed by atoms with E-state index in [1.807, 2.05) is 0 Å². The minimum Gasteiger partial charge on any atom is -0.481 e. The van der Waals surface area contributed by atoms with Crippen molar-refractivity contribution in [2.24, 2.45) is 0 Å². The third-order valence-electron chi connectivity index (χ3n) is 3.40. The summed E-state index contributed by atoms with van der Waals surface area (Å²) in [5, 5.41) is 13.7. The van der Waals surface area contributed by atoms with Crippen molar-refractivity contribution in [1.29, 1.82) is 0 Å². The number of carbonyl (C=O) groups is 2. The van der Waals surface area contributed by atoms with Gasteiger partial charge < -0.3 is 10.4 Å². The van der Waals surface area contributed by atoms with Crippen molar-refractivity contribution in [3.05, 3.63) is 32.8 Å². The van der Waals surface area contributed by atoms with Gasteiger partial charge in [0.25, 0.3) is 11.1 Å². The fourth-order valence-corrected chi connectivity index (χ4v) is 2.30. The van der Waals surface area contributed by atoms with E-state index in [-0.39, 0.29) is 13.0 Å². The maximum atomic E-state index is 11.9. The first kappa shape index (κ1) is 14.0. The van der Waals surface area contributed by atoms with Gasteiger partial charge in [0, 0.05) is 12.1 Å². The summed E-state index contributed by atoms with van der Waals surface area (Å²) >= 11 is 0. The lowest BCUT2D eigenvalue weighted by atomic mass is 9.74. The number of hydrogen-bond acceptors (Lipinski definition) is 4. The van der Waals surface area contributed by atoms with Crippen LogP contribution in [0.4, 0.5) is 0 Å². The SMILES string of the molecule is O=C(O)CC1(NC(=O)Cn2[nH]c(=O)ccc2=O)CCC1. The fraction of sp³-hybridized carbons (Fsp3) is 0.500. The Labute approximate surface area is 113 Å². The molecule has 8 heteroatoms.